The molecule has 3 amide bonds. The summed E-state index contributed by atoms with van der Waals surface area (Å²) in [6, 6.07) is 17.7. The van der Waals surface area contributed by atoms with E-state index in [0.717, 1.165) is 16.0 Å². The van der Waals surface area contributed by atoms with E-state index in [-0.39, 0.29) is 21.3 Å². The number of hydrogen-bond donors (Lipinski definition) is 1. The van der Waals surface area contributed by atoms with Gasteiger partial charge in [-0.3, -0.25) is 19.3 Å². The van der Waals surface area contributed by atoms with Crippen LogP contribution in [0.3, 0.4) is 0 Å². The van der Waals surface area contributed by atoms with E-state index >= 15 is 0 Å². The third-order valence-electron chi connectivity index (χ3n) is 5.64. The smallest absolute Gasteiger partial charge is 0.339 e. The van der Waals surface area contributed by atoms with Crippen molar-refractivity contribution in [2.24, 2.45) is 0 Å². The number of ether oxygens (including phenoxy) is 1. The lowest BCUT2D eigenvalue weighted by Gasteiger charge is -2.15. The van der Waals surface area contributed by atoms with E-state index in [4.69, 9.17) is 8.92 Å². The van der Waals surface area contributed by atoms with Crippen LogP contribution in [-0.4, -0.2) is 44.0 Å². The van der Waals surface area contributed by atoms with Crippen LogP contribution in [0.4, 0.5) is 10.5 Å². The summed E-state index contributed by atoms with van der Waals surface area (Å²) in [4.78, 5) is 39.0. The van der Waals surface area contributed by atoms with E-state index in [0.29, 0.717) is 23.0 Å². The standard InChI is InChI=1S/C27H24N2O7S2/c1-17-8-7-9-18(2)25(17)28-24(30)16-29-26(31)23(37-27(29)32)15-19-12-13-21(22(14-19)35-3)36-38(33,34)20-10-5-4-6-11-20/h4-15H,16H2,1-3H3,(H,28,30)/b23-15-. The topological polar surface area (TPSA) is 119 Å². The molecule has 1 saturated heterocycles. The third-order valence-corrected chi connectivity index (χ3v) is 7.79. The number of imide groups is 1. The number of carbonyl (C=O) groups is 3. The molecule has 3 aromatic carbocycles. The Kier molecular flexibility index (Phi) is 7.88. The van der Waals surface area contributed by atoms with E-state index in [2.05, 4.69) is 5.32 Å². The summed E-state index contributed by atoms with van der Waals surface area (Å²) in [7, 11) is -2.74. The fourth-order valence-corrected chi connectivity index (χ4v) is 5.52. The third kappa shape index (κ3) is 5.90. The van der Waals surface area contributed by atoms with Gasteiger partial charge in [-0.05, 0) is 72.6 Å². The molecule has 0 saturated carbocycles. The summed E-state index contributed by atoms with van der Waals surface area (Å²) in [5.74, 6) is -1.02. The summed E-state index contributed by atoms with van der Waals surface area (Å²) in [6.45, 7) is 3.28. The number of rotatable bonds is 8. The number of carbonyl (C=O) groups excluding carboxylic acids is 3. The minimum Gasteiger partial charge on any atom is -0.493 e. The second-order valence-corrected chi connectivity index (χ2v) is 10.9. The number of benzene rings is 3. The first kappa shape index (κ1) is 27.0. The molecule has 0 aliphatic carbocycles. The molecule has 4 rings (SSSR count). The predicted molar refractivity (Wildman–Crippen MR) is 144 cm³/mol. The Labute approximate surface area is 224 Å². The number of amides is 3. The Hall–Kier alpha value is -4.09. The van der Waals surface area contributed by atoms with Crippen LogP contribution in [0.2, 0.25) is 0 Å². The van der Waals surface area contributed by atoms with Crippen LogP contribution in [0.25, 0.3) is 6.08 Å². The number of para-hydroxylation sites is 1. The fourth-order valence-electron chi connectivity index (χ4n) is 3.72. The summed E-state index contributed by atoms with van der Waals surface area (Å²) in [5, 5.41) is 2.20. The highest BCUT2D eigenvalue weighted by Crippen LogP contribution is 2.35. The lowest BCUT2D eigenvalue weighted by atomic mass is 10.1. The van der Waals surface area contributed by atoms with Crippen LogP contribution in [0, 0.1) is 13.8 Å². The molecule has 0 aromatic heterocycles. The molecule has 0 unspecified atom stereocenters. The van der Waals surface area contributed by atoms with Crippen molar-refractivity contribution in [1.82, 2.24) is 4.90 Å². The molecule has 196 valence electrons. The van der Waals surface area contributed by atoms with E-state index in [1.165, 1.54) is 43.5 Å². The van der Waals surface area contributed by atoms with Crippen molar-refractivity contribution in [3.8, 4) is 11.5 Å². The molecular weight excluding hydrogens is 528 g/mol. The van der Waals surface area contributed by atoms with Gasteiger partial charge in [0, 0.05) is 5.69 Å². The van der Waals surface area contributed by atoms with E-state index in [1.54, 1.807) is 18.2 Å². The highest BCUT2D eigenvalue weighted by Gasteiger charge is 2.36. The van der Waals surface area contributed by atoms with Crippen molar-refractivity contribution in [1.29, 1.82) is 0 Å². The second kappa shape index (κ2) is 11.1. The van der Waals surface area contributed by atoms with Gasteiger partial charge in [-0.2, -0.15) is 8.42 Å². The van der Waals surface area contributed by atoms with Crippen molar-refractivity contribution in [3.05, 3.63) is 88.3 Å². The summed E-state index contributed by atoms with van der Waals surface area (Å²) < 4.78 is 35.7. The quantitative estimate of drug-likeness (QED) is 0.314. The Bertz CT molecular complexity index is 1530. The van der Waals surface area contributed by atoms with Crippen LogP contribution in [-0.2, 0) is 19.7 Å². The van der Waals surface area contributed by atoms with Gasteiger partial charge in [-0.25, -0.2) is 0 Å². The lowest BCUT2D eigenvalue weighted by molar-refractivity contribution is -0.127. The minimum atomic E-state index is -4.09. The maximum absolute atomic E-state index is 12.9. The molecule has 0 radical (unpaired) electrons. The zero-order chi connectivity index (χ0) is 27.4. The Morgan fingerprint density at radius 1 is 0.974 bits per heavy atom. The van der Waals surface area contributed by atoms with Crippen LogP contribution in [0.5, 0.6) is 11.5 Å². The van der Waals surface area contributed by atoms with Gasteiger partial charge < -0.3 is 14.2 Å². The van der Waals surface area contributed by atoms with Crippen LogP contribution in [0.15, 0.2) is 76.5 Å². The molecule has 1 aliphatic rings. The molecule has 11 heteroatoms. The van der Waals surface area contributed by atoms with Gasteiger partial charge in [0.05, 0.1) is 12.0 Å². The average Bonchev–Trinajstić information content (AvgIpc) is 3.14. The summed E-state index contributed by atoms with van der Waals surface area (Å²) in [6.07, 6.45) is 1.46. The Morgan fingerprint density at radius 2 is 1.66 bits per heavy atom. The van der Waals surface area contributed by atoms with Crippen LogP contribution >= 0.6 is 11.8 Å². The summed E-state index contributed by atoms with van der Waals surface area (Å²) in [5.41, 5.74) is 2.84. The molecule has 0 atom stereocenters. The predicted octanol–water partition coefficient (Wildman–Crippen LogP) is 4.75. The van der Waals surface area contributed by atoms with Gasteiger partial charge >= 0.3 is 10.1 Å². The van der Waals surface area contributed by atoms with Crippen molar-refractivity contribution < 1.29 is 31.7 Å². The lowest BCUT2D eigenvalue weighted by Crippen LogP contribution is -2.36. The number of methoxy groups -OCH3 is 1. The molecule has 0 bridgehead atoms. The van der Waals surface area contributed by atoms with Gasteiger partial charge in [-0.15, -0.1) is 0 Å². The van der Waals surface area contributed by atoms with Gasteiger partial charge in [0.15, 0.2) is 11.5 Å². The van der Waals surface area contributed by atoms with Gasteiger partial charge in [0.1, 0.15) is 11.4 Å². The minimum absolute atomic E-state index is 0.0126. The number of thioether (sulfide) groups is 1. The van der Waals surface area contributed by atoms with Gasteiger partial charge in [0.2, 0.25) is 5.91 Å². The highest BCUT2D eigenvalue weighted by molar-refractivity contribution is 8.18. The van der Waals surface area contributed by atoms with Crippen molar-refractivity contribution >= 4 is 50.7 Å². The number of anilines is 1. The molecular formula is C27H24N2O7S2. The molecule has 3 aromatic rings. The molecule has 1 fully saturated rings. The molecule has 38 heavy (non-hydrogen) atoms. The Balaban J connectivity index is 1.49. The van der Waals surface area contributed by atoms with E-state index in [9.17, 15) is 22.8 Å². The van der Waals surface area contributed by atoms with Gasteiger partial charge in [0.25, 0.3) is 11.1 Å². The molecule has 0 spiro atoms. The zero-order valence-corrected chi connectivity index (χ0v) is 22.4. The maximum Gasteiger partial charge on any atom is 0.339 e. The first-order valence-electron chi connectivity index (χ1n) is 11.4. The number of aryl methyl sites for hydroxylation is 2. The fraction of sp³-hybridized carbons (Fsp3) is 0.148. The second-order valence-electron chi connectivity index (χ2n) is 8.34. The van der Waals surface area contributed by atoms with Crippen LogP contribution in [0.1, 0.15) is 16.7 Å². The van der Waals surface area contributed by atoms with E-state index < -0.39 is 33.7 Å². The van der Waals surface area contributed by atoms with E-state index in [1.807, 2.05) is 32.0 Å². The molecule has 1 N–H and O–H groups in total. The molecule has 9 nitrogen and oxygen atoms in total. The molecule has 1 aliphatic heterocycles. The van der Waals surface area contributed by atoms with Crippen molar-refractivity contribution in [3.63, 3.8) is 0 Å². The van der Waals surface area contributed by atoms with Crippen molar-refractivity contribution in [2.45, 2.75) is 18.7 Å². The highest BCUT2D eigenvalue weighted by atomic mass is 32.2. The summed E-state index contributed by atoms with van der Waals surface area (Å²) >= 11 is 0.707. The maximum atomic E-state index is 12.9. The van der Waals surface area contributed by atoms with Crippen LogP contribution < -0.4 is 14.2 Å². The largest absolute Gasteiger partial charge is 0.493 e. The Morgan fingerprint density at radius 3 is 2.32 bits per heavy atom. The normalized spacial score (nSPS) is 14.6. The number of nitrogens with zero attached hydrogens (tertiary/aromatic N) is 1. The zero-order valence-electron chi connectivity index (χ0n) is 20.8. The first-order valence-corrected chi connectivity index (χ1v) is 13.6. The number of nitrogens with one attached hydrogen (secondary N) is 1. The average molecular weight is 553 g/mol. The SMILES string of the molecule is COc1cc(/C=C2\SC(=O)N(CC(=O)Nc3c(C)cccc3C)C2=O)ccc1OS(=O)(=O)c1ccccc1. The number of hydrogen-bond acceptors (Lipinski definition) is 8. The van der Waals surface area contributed by atoms with Crippen molar-refractivity contribution in [2.75, 3.05) is 19.0 Å². The van der Waals surface area contributed by atoms with Gasteiger partial charge in [-0.1, -0.05) is 42.5 Å². The molecule has 1 heterocycles. The monoisotopic (exact) mass is 552 g/mol. The first-order chi connectivity index (χ1) is 18.1.